The van der Waals surface area contributed by atoms with Crippen LogP contribution in [-0.4, -0.2) is 44.9 Å². The Morgan fingerprint density at radius 3 is 2.16 bits per heavy atom. The first-order valence-corrected chi connectivity index (χ1v) is 17.5. The van der Waals surface area contributed by atoms with Gasteiger partial charge in [0.25, 0.3) is 15.9 Å². The summed E-state index contributed by atoms with van der Waals surface area (Å²) in [6, 6.07) is 33.3. The van der Waals surface area contributed by atoms with Crippen LogP contribution in [0.3, 0.4) is 0 Å². The fourth-order valence-electron chi connectivity index (χ4n) is 5.16. The molecule has 0 saturated carbocycles. The van der Waals surface area contributed by atoms with Crippen molar-refractivity contribution in [2.45, 2.75) is 30.4 Å². The number of ether oxygens (including phenoxy) is 2. The van der Waals surface area contributed by atoms with Gasteiger partial charge in [-0.1, -0.05) is 72.3 Å². The van der Waals surface area contributed by atoms with Crippen LogP contribution in [-0.2, 0) is 39.1 Å². The van der Waals surface area contributed by atoms with Gasteiger partial charge in [-0.2, -0.15) is 0 Å². The first kappa shape index (κ1) is 35.9. The minimum Gasteiger partial charge on any atom is -0.496 e. The molecule has 12 heteroatoms. The molecule has 258 valence electrons. The molecule has 5 aromatic carbocycles. The van der Waals surface area contributed by atoms with Gasteiger partial charge in [0.15, 0.2) is 6.61 Å². The van der Waals surface area contributed by atoms with Crippen molar-refractivity contribution >= 4 is 39.1 Å². The Hall–Kier alpha value is -5.39. The molecule has 0 unspecified atom stereocenters. The fourth-order valence-corrected chi connectivity index (χ4v) is 6.35. The number of carbonyl (C=O) groups excluding carboxylic acids is 2. The second-order valence-corrected chi connectivity index (χ2v) is 13.4. The summed E-state index contributed by atoms with van der Waals surface area (Å²) >= 11 is 6.13. The van der Waals surface area contributed by atoms with Gasteiger partial charge >= 0.3 is 0 Å². The Labute approximate surface area is 295 Å². The van der Waals surface area contributed by atoms with Crippen molar-refractivity contribution in [3.8, 4) is 11.5 Å². The molecule has 2 amide bonds. The Balaban J connectivity index is 1.36. The van der Waals surface area contributed by atoms with Crippen LogP contribution in [0.25, 0.3) is 0 Å². The lowest BCUT2D eigenvalue weighted by molar-refractivity contribution is -0.142. The third-order valence-electron chi connectivity index (χ3n) is 7.78. The molecule has 0 aromatic heterocycles. The lowest BCUT2D eigenvalue weighted by Crippen LogP contribution is -2.51. The van der Waals surface area contributed by atoms with Crippen molar-refractivity contribution in [1.29, 1.82) is 0 Å². The number of hydrogen-bond donors (Lipinski definition) is 2. The van der Waals surface area contributed by atoms with Crippen LogP contribution in [0.1, 0.15) is 16.7 Å². The summed E-state index contributed by atoms with van der Waals surface area (Å²) in [5.74, 6) is -0.463. The van der Waals surface area contributed by atoms with Crippen LogP contribution in [0.15, 0.2) is 132 Å². The van der Waals surface area contributed by atoms with E-state index in [1.165, 1.54) is 41.3 Å². The number of nitrogens with zero attached hydrogens (tertiary/aromatic N) is 1. The number of amides is 2. The summed E-state index contributed by atoms with van der Waals surface area (Å²) in [5, 5.41) is 3.51. The first-order valence-electron chi connectivity index (χ1n) is 15.6. The topological polar surface area (TPSA) is 114 Å². The van der Waals surface area contributed by atoms with E-state index in [2.05, 4.69) is 10.0 Å². The second-order valence-electron chi connectivity index (χ2n) is 11.3. The zero-order chi connectivity index (χ0) is 35.5. The van der Waals surface area contributed by atoms with Crippen LogP contribution in [0.5, 0.6) is 11.5 Å². The standard InChI is InChI=1S/C38H35ClFN3O6S/c1-48-36-10-6-5-9-29(36)24-41-38(45)35(23-27-7-3-2-4-8-27)43(25-28-11-13-30(39)14-12-28)37(44)26-49-33-19-21-34(22-20-33)50(46,47)42-32-17-15-31(40)16-18-32/h2-22,35,42H,23-26H2,1H3,(H,41,45)/t35-/m1/s1. The molecule has 2 N–H and O–H groups in total. The maximum atomic E-state index is 14.0. The zero-order valence-corrected chi connectivity index (χ0v) is 28.7. The lowest BCUT2D eigenvalue weighted by Gasteiger charge is -2.31. The highest BCUT2D eigenvalue weighted by Crippen LogP contribution is 2.22. The summed E-state index contributed by atoms with van der Waals surface area (Å²) in [5.41, 5.74) is 2.58. The zero-order valence-electron chi connectivity index (χ0n) is 27.1. The number of sulfonamides is 1. The molecular weight excluding hydrogens is 681 g/mol. The van der Waals surface area contributed by atoms with Crippen LogP contribution in [0, 0.1) is 5.82 Å². The van der Waals surface area contributed by atoms with E-state index < -0.39 is 34.4 Å². The molecule has 0 aliphatic heterocycles. The van der Waals surface area contributed by atoms with Gasteiger partial charge in [0.1, 0.15) is 23.4 Å². The quantitative estimate of drug-likeness (QED) is 0.126. The maximum Gasteiger partial charge on any atom is 0.261 e. The predicted octanol–water partition coefficient (Wildman–Crippen LogP) is 6.62. The van der Waals surface area contributed by atoms with Crippen molar-refractivity contribution in [1.82, 2.24) is 10.2 Å². The average molecular weight is 716 g/mol. The molecule has 0 aliphatic rings. The Morgan fingerprint density at radius 1 is 0.820 bits per heavy atom. The highest BCUT2D eigenvalue weighted by atomic mass is 35.5. The molecule has 0 heterocycles. The predicted molar refractivity (Wildman–Crippen MR) is 190 cm³/mol. The summed E-state index contributed by atoms with van der Waals surface area (Å²) in [6.07, 6.45) is 0.228. The van der Waals surface area contributed by atoms with Gasteiger partial charge in [-0.25, -0.2) is 12.8 Å². The van der Waals surface area contributed by atoms with Gasteiger partial charge in [-0.05, 0) is 77.9 Å². The van der Waals surface area contributed by atoms with Crippen molar-refractivity contribution < 1.29 is 31.9 Å². The Bertz CT molecular complexity index is 2000. The normalized spacial score (nSPS) is 11.7. The van der Waals surface area contributed by atoms with E-state index in [1.54, 1.807) is 37.4 Å². The van der Waals surface area contributed by atoms with Crippen molar-refractivity contribution in [3.63, 3.8) is 0 Å². The monoisotopic (exact) mass is 715 g/mol. The Morgan fingerprint density at radius 2 is 1.48 bits per heavy atom. The molecule has 0 spiro atoms. The average Bonchev–Trinajstić information content (AvgIpc) is 3.13. The molecule has 9 nitrogen and oxygen atoms in total. The highest BCUT2D eigenvalue weighted by Gasteiger charge is 2.31. The van der Waals surface area contributed by atoms with Gasteiger partial charge in [0.2, 0.25) is 5.91 Å². The number of benzene rings is 5. The van der Waals surface area contributed by atoms with Crippen LogP contribution < -0.4 is 19.5 Å². The second kappa shape index (κ2) is 16.8. The molecule has 0 aliphatic carbocycles. The number of carbonyl (C=O) groups is 2. The van der Waals surface area contributed by atoms with Crippen LogP contribution in [0.2, 0.25) is 5.02 Å². The van der Waals surface area contributed by atoms with E-state index in [1.807, 2.05) is 48.5 Å². The third kappa shape index (κ3) is 9.83. The number of para-hydroxylation sites is 1. The molecule has 0 saturated heterocycles. The molecule has 50 heavy (non-hydrogen) atoms. The van der Waals surface area contributed by atoms with Gasteiger partial charge in [0.05, 0.1) is 12.0 Å². The highest BCUT2D eigenvalue weighted by molar-refractivity contribution is 7.92. The molecule has 0 bridgehead atoms. The summed E-state index contributed by atoms with van der Waals surface area (Å²) < 4.78 is 52.6. The first-order chi connectivity index (χ1) is 24.1. The van der Waals surface area contributed by atoms with Crippen LogP contribution in [0.4, 0.5) is 10.1 Å². The van der Waals surface area contributed by atoms with E-state index in [-0.39, 0.29) is 41.7 Å². The third-order valence-corrected chi connectivity index (χ3v) is 9.42. The number of halogens is 2. The summed E-state index contributed by atoms with van der Waals surface area (Å²) in [7, 11) is -2.41. The minimum atomic E-state index is -3.97. The fraction of sp³-hybridized carbons (Fsp3) is 0.158. The summed E-state index contributed by atoms with van der Waals surface area (Å²) in [4.78, 5) is 29.4. The minimum absolute atomic E-state index is 0.0560. The number of rotatable bonds is 15. The van der Waals surface area contributed by atoms with E-state index >= 15 is 0 Å². The molecule has 1 atom stereocenters. The van der Waals surface area contributed by atoms with E-state index in [9.17, 15) is 22.4 Å². The maximum absolute atomic E-state index is 14.0. The number of anilines is 1. The van der Waals surface area contributed by atoms with Gasteiger partial charge in [-0.15, -0.1) is 0 Å². The van der Waals surface area contributed by atoms with Crippen molar-refractivity contribution in [2.75, 3.05) is 18.4 Å². The molecule has 5 aromatic rings. The van der Waals surface area contributed by atoms with E-state index in [0.717, 1.165) is 28.8 Å². The molecular formula is C38H35ClFN3O6S. The molecule has 0 fully saturated rings. The smallest absolute Gasteiger partial charge is 0.261 e. The molecule has 0 radical (unpaired) electrons. The van der Waals surface area contributed by atoms with Gasteiger partial charge in [0, 0.05) is 35.8 Å². The lowest BCUT2D eigenvalue weighted by atomic mass is 10.0. The number of methoxy groups -OCH3 is 1. The van der Waals surface area contributed by atoms with Crippen LogP contribution >= 0.6 is 11.6 Å². The summed E-state index contributed by atoms with van der Waals surface area (Å²) in [6.45, 7) is -0.164. The SMILES string of the molecule is COc1ccccc1CNC(=O)[C@@H](Cc1ccccc1)N(Cc1ccc(Cl)cc1)C(=O)COc1ccc(S(=O)(=O)Nc2ccc(F)cc2)cc1. The van der Waals surface area contributed by atoms with Gasteiger partial charge in [-0.3, -0.25) is 14.3 Å². The van der Waals surface area contributed by atoms with E-state index in [4.69, 9.17) is 21.1 Å². The van der Waals surface area contributed by atoms with Crippen molar-refractivity contribution in [3.05, 3.63) is 155 Å². The number of hydrogen-bond acceptors (Lipinski definition) is 6. The molecule has 5 rings (SSSR count). The van der Waals surface area contributed by atoms with E-state index in [0.29, 0.717) is 10.8 Å². The Kier molecular flexibility index (Phi) is 12.1. The number of nitrogens with one attached hydrogen (secondary N) is 2. The van der Waals surface area contributed by atoms with Crippen molar-refractivity contribution in [2.24, 2.45) is 0 Å². The largest absolute Gasteiger partial charge is 0.496 e. The van der Waals surface area contributed by atoms with Gasteiger partial charge < -0.3 is 19.7 Å².